The lowest BCUT2D eigenvalue weighted by Gasteiger charge is -1.96. The van der Waals surface area contributed by atoms with Gasteiger partial charge in [0.25, 0.3) is 11.6 Å². The van der Waals surface area contributed by atoms with Crippen molar-refractivity contribution >= 4 is 17.3 Å². The van der Waals surface area contributed by atoms with Crippen molar-refractivity contribution in [1.82, 2.24) is 10.1 Å². The van der Waals surface area contributed by atoms with E-state index in [-0.39, 0.29) is 17.2 Å². The maximum atomic E-state index is 10.8. The summed E-state index contributed by atoms with van der Waals surface area (Å²) in [7, 11) is 0. The van der Waals surface area contributed by atoms with Crippen LogP contribution in [0.1, 0.15) is 17.2 Å². The quantitative estimate of drug-likeness (QED) is 0.255. The van der Waals surface area contributed by atoms with E-state index >= 15 is 0 Å². The number of allylic oxidation sites excluding steroid dienone is 1. The molecular formula is C22H14N4O4. The maximum Gasteiger partial charge on any atom is 0.269 e. The molecule has 2 heterocycles. The lowest BCUT2D eigenvalue weighted by molar-refractivity contribution is -0.384. The highest BCUT2D eigenvalue weighted by Crippen LogP contribution is 2.27. The highest BCUT2D eigenvalue weighted by Gasteiger charge is 2.14. The van der Waals surface area contributed by atoms with E-state index in [2.05, 4.69) is 10.1 Å². The van der Waals surface area contributed by atoms with Gasteiger partial charge in [0, 0.05) is 29.3 Å². The summed E-state index contributed by atoms with van der Waals surface area (Å²) in [6.45, 7) is 1.98. The second-order valence-electron chi connectivity index (χ2n) is 6.46. The molecule has 0 fully saturated rings. The van der Waals surface area contributed by atoms with Crippen molar-refractivity contribution in [2.45, 2.75) is 6.92 Å². The summed E-state index contributed by atoms with van der Waals surface area (Å²) in [5.41, 5.74) is 2.73. The standard InChI is InChI=1S/C22H14N4O4/c1-14-2-4-16(5-3-14)21-24-22(30-25-21)17(13-23)12-19-10-11-20(29-19)15-6-8-18(9-7-15)26(27)28/h2-12H,1H3/b17-12+. The average Bonchev–Trinajstić information content (AvgIpc) is 3.42. The summed E-state index contributed by atoms with van der Waals surface area (Å²) >= 11 is 0. The number of nitro groups is 1. The van der Waals surface area contributed by atoms with Crippen molar-refractivity contribution in [3.63, 3.8) is 0 Å². The number of nitro benzene ring substituents is 1. The molecule has 0 aliphatic heterocycles. The van der Waals surface area contributed by atoms with Gasteiger partial charge in [0.1, 0.15) is 23.2 Å². The van der Waals surface area contributed by atoms with Crippen LogP contribution in [0, 0.1) is 28.4 Å². The van der Waals surface area contributed by atoms with Crippen LogP contribution in [0.2, 0.25) is 0 Å². The second-order valence-corrected chi connectivity index (χ2v) is 6.46. The zero-order valence-corrected chi connectivity index (χ0v) is 15.8. The third kappa shape index (κ3) is 3.86. The molecule has 0 saturated carbocycles. The molecule has 0 spiro atoms. The van der Waals surface area contributed by atoms with Gasteiger partial charge in [-0.3, -0.25) is 10.1 Å². The fourth-order valence-corrected chi connectivity index (χ4v) is 2.77. The van der Waals surface area contributed by atoms with E-state index in [9.17, 15) is 15.4 Å². The number of nitrogens with zero attached hydrogens (tertiary/aromatic N) is 4. The molecule has 30 heavy (non-hydrogen) atoms. The van der Waals surface area contributed by atoms with Gasteiger partial charge in [-0.05, 0) is 31.2 Å². The van der Waals surface area contributed by atoms with Crippen LogP contribution in [-0.2, 0) is 0 Å². The number of rotatable bonds is 5. The predicted octanol–water partition coefficient (Wildman–Crippen LogP) is 5.28. The molecule has 2 aromatic carbocycles. The first kappa shape index (κ1) is 18.8. The fourth-order valence-electron chi connectivity index (χ4n) is 2.77. The Kier molecular flexibility index (Phi) is 4.93. The Morgan fingerprint density at radius 2 is 1.77 bits per heavy atom. The van der Waals surface area contributed by atoms with Crippen LogP contribution in [0.5, 0.6) is 0 Å². The molecular weight excluding hydrogens is 384 g/mol. The number of hydrogen-bond donors (Lipinski definition) is 0. The molecule has 4 rings (SSSR count). The lowest BCUT2D eigenvalue weighted by atomic mass is 10.1. The normalized spacial score (nSPS) is 11.3. The van der Waals surface area contributed by atoms with Crippen molar-refractivity contribution in [2.75, 3.05) is 0 Å². The van der Waals surface area contributed by atoms with Gasteiger partial charge in [-0.2, -0.15) is 10.2 Å². The minimum atomic E-state index is -0.464. The van der Waals surface area contributed by atoms with Gasteiger partial charge >= 0.3 is 0 Å². The Morgan fingerprint density at radius 3 is 2.43 bits per heavy atom. The van der Waals surface area contributed by atoms with Crippen molar-refractivity contribution in [3.05, 3.63) is 88.0 Å². The summed E-state index contributed by atoms with van der Waals surface area (Å²) < 4.78 is 11.0. The van der Waals surface area contributed by atoms with Gasteiger partial charge in [0.05, 0.1) is 4.92 Å². The van der Waals surface area contributed by atoms with E-state index in [0.717, 1.165) is 11.1 Å². The topological polar surface area (TPSA) is 119 Å². The first-order chi connectivity index (χ1) is 14.5. The highest BCUT2D eigenvalue weighted by atomic mass is 16.6. The van der Waals surface area contributed by atoms with Crippen molar-refractivity contribution < 1.29 is 13.9 Å². The van der Waals surface area contributed by atoms with Gasteiger partial charge in [0.15, 0.2) is 0 Å². The van der Waals surface area contributed by atoms with Crippen LogP contribution < -0.4 is 0 Å². The van der Waals surface area contributed by atoms with Crippen molar-refractivity contribution in [3.8, 4) is 28.8 Å². The largest absolute Gasteiger partial charge is 0.457 e. The summed E-state index contributed by atoms with van der Waals surface area (Å²) in [6.07, 6.45) is 1.50. The second kappa shape index (κ2) is 7.85. The summed E-state index contributed by atoms with van der Waals surface area (Å²) in [4.78, 5) is 14.6. The van der Waals surface area contributed by atoms with E-state index < -0.39 is 4.92 Å². The molecule has 0 atom stereocenters. The Balaban J connectivity index is 1.59. The smallest absolute Gasteiger partial charge is 0.269 e. The van der Waals surface area contributed by atoms with E-state index in [1.807, 2.05) is 37.3 Å². The Hall–Kier alpha value is -4.51. The van der Waals surface area contributed by atoms with Crippen LogP contribution in [0.25, 0.3) is 34.4 Å². The number of non-ortho nitro benzene ring substituents is 1. The summed E-state index contributed by atoms with van der Waals surface area (Å²) in [5, 5.41) is 24.2. The molecule has 146 valence electrons. The molecule has 0 radical (unpaired) electrons. The molecule has 0 unspecified atom stereocenters. The SMILES string of the molecule is Cc1ccc(-c2noc(/C(C#N)=C/c3ccc(-c4ccc([N+](=O)[O-])cc4)o3)n2)cc1. The zero-order valence-electron chi connectivity index (χ0n) is 15.8. The van der Waals surface area contributed by atoms with Crippen molar-refractivity contribution in [1.29, 1.82) is 5.26 Å². The first-order valence-corrected chi connectivity index (χ1v) is 8.91. The molecule has 0 bridgehead atoms. The maximum absolute atomic E-state index is 10.8. The van der Waals surface area contributed by atoms with Gasteiger partial charge in [0.2, 0.25) is 5.82 Å². The molecule has 0 amide bonds. The first-order valence-electron chi connectivity index (χ1n) is 8.91. The summed E-state index contributed by atoms with van der Waals surface area (Å²) in [6, 6.07) is 19.1. The minimum absolute atomic E-state index is 0.00188. The van der Waals surface area contributed by atoms with E-state index in [1.54, 1.807) is 24.3 Å². The Labute approximate surface area is 170 Å². The number of aromatic nitrogens is 2. The zero-order chi connectivity index (χ0) is 21.1. The van der Waals surface area contributed by atoms with Gasteiger partial charge in [-0.1, -0.05) is 35.0 Å². The van der Waals surface area contributed by atoms with Crippen LogP contribution in [0.3, 0.4) is 0 Å². The van der Waals surface area contributed by atoms with Gasteiger partial charge < -0.3 is 8.94 Å². The Morgan fingerprint density at radius 1 is 1.07 bits per heavy atom. The number of furan rings is 1. The molecule has 0 N–H and O–H groups in total. The molecule has 0 saturated heterocycles. The molecule has 8 nitrogen and oxygen atoms in total. The average molecular weight is 398 g/mol. The number of nitriles is 1. The third-order valence-electron chi connectivity index (χ3n) is 4.36. The number of benzene rings is 2. The molecule has 4 aromatic rings. The predicted molar refractivity (Wildman–Crippen MR) is 109 cm³/mol. The number of aryl methyl sites for hydroxylation is 1. The van der Waals surface area contributed by atoms with Crippen LogP contribution in [0.4, 0.5) is 5.69 Å². The minimum Gasteiger partial charge on any atom is -0.457 e. The van der Waals surface area contributed by atoms with Gasteiger partial charge in [-0.15, -0.1) is 0 Å². The van der Waals surface area contributed by atoms with Crippen molar-refractivity contribution in [2.24, 2.45) is 0 Å². The van der Waals surface area contributed by atoms with Crippen LogP contribution in [0.15, 0.2) is 69.6 Å². The molecule has 2 aromatic heterocycles. The van der Waals surface area contributed by atoms with Crippen LogP contribution in [-0.4, -0.2) is 15.1 Å². The monoisotopic (exact) mass is 398 g/mol. The highest BCUT2D eigenvalue weighted by molar-refractivity contribution is 5.86. The van der Waals surface area contributed by atoms with Crippen LogP contribution >= 0.6 is 0 Å². The van der Waals surface area contributed by atoms with Gasteiger partial charge in [-0.25, -0.2) is 0 Å². The Bertz CT molecular complexity index is 1280. The molecule has 0 aliphatic carbocycles. The third-order valence-corrected chi connectivity index (χ3v) is 4.36. The molecule has 0 aliphatic rings. The van der Waals surface area contributed by atoms with E-state index in [4.69, 9.17) is 8.94 Å². The fraction of sp³-hybridized carbons (Fsp3) is 0.0455. The summed E-state index contributed by atoms with van der Waals surface area (Å²) in [5.74, 6) is 1.40. The lowest BCUT2D eigenvalue weighted by Crippen LogP contribution is -1.86. The number of hydrogen-bond acceptors (Lipinski definition) is 7. The molecule has 8 heteroatoms. The van der Waals surface area contributed by atoms with E-state index in [0.29, 0.717) is 22.9 Å². The van der Waals surface area contributed by atoms with E-state index in [1.165, 1.54) is 18.2 Å².